The fourth-order valence-electron chi connectivity index (χ4n) is 2.99. The number of benzene rings is 2. The van der Waals surface area contributed by atoms with Crippen molar-refractivity contribution in [2.45, 2.75) is 6.42 Å². The van der Waals surface area contributed by atoms with Gasteiger partial charge >= 0.3 is 0 Å². The van der Waals surface area contributed by atoms with E-state index in [2.05, 4.69) is 5.16 Å². The van der Waals surface area contributed by atoms with Gasteiger partial charge in [-0.05, 0) is 17.7 Å². The molecule has 0 unspecified atom stereocenters. The molecule has 0 radical (unpaired) electrons. The van der Waals surface area contributed by atoms with Crippen molar-refractivity contribution in [1.29, 1.82) is 0 Å². The molecule has 0 bridgehead atoms. The summed E-state index contributed by atoms with van der Waals surface area (Å²) in [6.07, 6.45) is 0.0338. The molecular formula is C20H13NO5. The van der Waals surface area contributed by atoms with Crippen LogP contribution in [0.2, 0.25) is 0 Å². The summed E-state index contributed by atoms with van der Waals surface area (Å²) in [5.41, 5.74) is 1.10. The fraction of sp³-hybridized carbons (Fsp3) is 0.100. The van der Waals surface area contributed by atoms with Crippen LogP contribution in [0.15, 0.2) is 53.1 Å². The number of aromatic nitrogens is 1. The molecule has 0 saturated carbocycles. The number of hydrogen-bond acceptors (Lipinski definition) is 6. The molecule has 1 aliphatic rings. The summed E-state index contributed by atoms with van der Waals surface area (Å²) in [4.78, 5) is 37.9. The smallest absolute Gasteiger partial charge is 0.232 e. The Bertz CT molecular complexity index is 1050. The molecule has 0 N–H and O–H groups in total. The van der Waals surface area contributed by atoms with E-state index < -0.39 is 11.6 Å². The van der Waals surface area contributed by atoms with E-state index in [-0.39, 0.29) is 40.3 Å². The Morgan fingerprint density at radius 1 is 1.00 bits per heavy atom. The number of rotatable bonds is 4. The van der Waals surface area contributed by atoms with E-state index in [1.165, 1.54) is 0 Å². The minimum atomic E-state index is -0.439. The van der Waals surface area contributed by atoms with Crippen molar-refractivity contribution >= 4 is 17.3 Å². The number of ketones is 3. The summed E-state index contributed by atoms with van der Waals surface area (Å²) in [6, 6.07) is 13.4. The number of hydrogen-bond donors (Lipinski definition) is 0. The van der Waals surface area contributed by atoms with Crippen LogP contribution in [0, 0.1) is 0 Å². The van der Waals surface area contributed by atoms with Crippen molar-refractivity contribution in [2.24, 2.45) is 0 Å². The van der Waals surface area contributed by atoms with E-state index in [0.29, 0.717) is 5.75 Å². The molecule has 0 spiro atoms. The second-order valence-corrected chi connectivity index (χ2v) is 5.89. The van der Waals surface area contributed by atoms with Gasteiger partial charge in [0.25, 0.3) is 0 Å². The molecule has 0 aliphatic heterocycles. The lowest BCUT2D eigenvalue weighted by Gasteiger charge is -2.12. The summed E-state index contributed by atoms with van der Waals surface area (Å²) in [5.74, 6) is -0.745. The van der Waals surface area contributed by atoms with E-state index in [0.717, 1.165) is 5.56 Å². The molecule has 128 valence electrons. The zero-order chi connectivity index (χ0) is 18.3. The third-order valence-electron chi connectivity index (χ3n) is 4.33. The van der Waals surface area contributed by atoms with E-state index in [1.54, 1.807) is 55.6 Å². The molecule has 0 amide bonds. The van der Waals surface area contributed by atoms with Gasteiger partial charge in [0.1, 0.15) is 11.3 Å². The van der Waals surface area contributed by atoms with Gasteiger partial charge in [-0.3, -0.25) is 14.4 Å². The number of carbonyl (C=O) groups is 3. The van der Waals surface area contributed by atoms with Crippen LogP contribution in [0.25, 0.3) is 0 Å². The third-order valence-corrected chi connectivity index (χ3v) is 4.33. The maximum atomic E-state index is 12.8. The van der Waals surface area contributed by atoms with Crippen LogP contribution in [-0.4, -0.2) is 29.6 Å². The summed E-state index contributed by atoms with van der Waals surface area (Å²) < 4.78 is 10.1. The summed E-state index contributed by atoms with van der Waals surface area (Å²) in [6.45, 7) is 0. The van der Waals surface area contributed by atoms with Crippen LogP contribution in [0.5, 0.6) is 5.75 Å². The maximum absolute atomic E-state index is 12.8. The first-order valence-electron chi connectivity index (χ1n) is 7.94. The van der Waals surface area contributed by atoms with E-state index in [4.69, 9.17) is 9.26 Å². The quantitative estimate of drug-likeness (QED) is 0.528. The Hall–Kier alpha value is -3.54. The Morgan fingerprint density at radius 2 is 1.65 bits per heavy atom. The highest BCUT2D eigenvalue weighted by Gasteiger charge is 2.38. The average molecular weight is 347 g/mol. The Morgan fingerprint density at radius 3 is 2.31 bits per heavy atom. The van der Waals surface area contributed by atoms with Gasteiger partial charge in [0.05, 0.1) is 7.11 Å². The predicted molar refractivity (Wildman–Crippen MR) is 90.8 cm³/mol. The fourth-order valence-corrected chi connectivity index (χ4v) is 2.99. The van der Waals surface area contributed by atoms with Crippen LogP contribution < -0.4 is 4.74 Å². The number of Topliss-reactive ketones (excluding diaryl/α,β-unsaturated/α-hetero) is 1. The summed E-state index contributed by atoms with van der Waals surface area (Å²) >= 11 is 0. The largest absolute Gasteiger partial charge is 0.497 e. The highest BCUT2D eigenvalue weighted by molar-refractivity contribution is 6.29. The molecule has 1 aliphatic carbocycles. The second-order valence-electron chi connectivity index (χ2n) is 5.89. The maximum Gasteiger partial charge on any atom is 0.232 e. The molecule has 4 rings (SSSR count). The Kier molecular flexibility index (Phi) is 3.73. The minimum Gasteiger partial charge on any atom is -0.497 e. The number of fused-ring (bicyclic) bond motifs is 2. The predicted octanol–water partition coefficient (Wildman–Crippen LogP) is 2.88. The first-order chi connectivity index (χ1) is 12.6. The molecule has 6 nitrogen and oxygen atoms in total. The number of methoxy groups -OCH3 is 1. The molecule has 2 aromatic carbocycles. The van der Waals surface area contributed by atoms with Gasteiger partial charge in [-0.25, -0.2) is 0 Å². The van der Waals surface area contributed by atoms with Crippen molar-refractivity contribution in [3.8, 4) is 5.75 Å². The molecule has 1 heterocycles. The van der Waals surface area contributed by atoms with Gasteiger partial charge < -0.3 is 9.26 Å². The molecule has 0 fully saturated rings. The van der Waals surface area contributed by atoms with Crippen molar-refractivity contribution in [3.05, 3.63) is 82.2 Å². The summed E-state index contributed by atoms with van der Waals surface area (Å²) in [7, 11) is 1.56. The lowest BCUT2D eigenvalue weighted by Crippen LogP contribution is -2.21. The molecule has 1 aromatic heterocycles. The molecule has 0 saturated heterocycles. The van der Waals surface area contributed by atoms with Gasteiger partial charge in [0, 0.05) is 17.5 Å². The minimum absolute atomic E-state index is 0.0338. The van der Waals surface area contributed by atoms with E-state index >= 15 is 0 Å². The standard InChI is InChI=1S/C20H13NO5/c1-25-12-8-6-11(7-9-12)10-15(22)17-16-18(23)13-4-2-3-5-14(13)19(24)20(16)26-21-17/h2-9H,10H2,1H3. The van der Waals surface area contributed by atoms with Gasteiger partial charge in [-0.1, -0.05) is 41.6 Å². The average Bonchev–Trinajstić information content (AvgIpc) is 3.12. The first kappa shape index (κ1) is 16.0. The van der Waals surface area contributed by atoms with Gasteiger partial charge in [-0.2, -0.15) is 0 Å². The zero-order valence-corrected chi connectivity index (χ0v) is 13.8. The van der Waals surface area contributed by atoms with Crippen LogP contribution in [0.3, 0.4) is 0 Å². The van der Waals surface area contributed by atoms with Crippen LogP contribution >= 0.6 is 0 Å². The highest BCUT2D eigenvalue weighted by Crippen LogP contribution is 2.30. The molecule has 6 heteroatoms. The topological polar surface area (TPSA) is 86.5 Å². The zero-order valence-electron chi connectivity index (χ0n) is 13.8. The Balaban J connectivity index is 1.69. The molecule has 3 aromatic rings. The van der Waals surface area contributed by atoms with Crippen molar-refractivity contribution < 1.29 is 23.6 Å². The van der Waals surface area contributed by atoms with Crippen molar-refractivity contribution in [2.75, 3.05) is 7.11 Å². The van der Waals surface area contributed by atoms with Crippen molar-refractivity contribution in [3.63, 3.8) is 0 Å². The van der Waals surface area contributed by atoms with Crippen LogP contribution in [-0.2, 0) is 6.42 Å². The monoisotopic (exact) mass is 347 g/mol. The van der Waals surface area contributed by atoms with Crippen molar-refractivity contribution in [1.82, 2.24) is 5.16 Å². The van der Waals surface area contributed by atoms with Crippen LogP contribution in [0.1, 0.15) is 48.1 Å². The van der Waals surface area contributed by atoms with Gasteiger partial charge in [0.15, 0.2) is 17.3 Å². The van der Waals surface area contributed by atoms with E-state index in [1.807, 2.05) is 0 Å². The van der Waals surface area contributed by atoms with Gasteiger partial charge in [0.2, 0.25) is 11.5 Å². The SMILES string of the molecule is COc1ccc(CC(=O)c2noc3c2C(=O)c2ccccc2C3=O)cc1. The lowest BCUT2D eigenvalue weighted by atomic mass is 9.86. The number of nitrogens with zero attached hydrogens (tertiary/aromatic N) is 1. The lowest BCUT2D eigenvalue weighted by molar-refractivity contribution is 0.0953. The number of carbonyl (C=O) groups excluding carboxylic acids is 3. The molecule has 0 atom stereocenters. The Labute approximate surface area is 148 Å². The van der Waals surface area contributed by atoms with E-state index in [9.17, 15) is 14.4 Å². The second kappa shape index (κ2) is 6.07. The number of ether oxygens (including phenoxy) is 1. The normalized spacial score (nSPS) is 12.5. The molecular weight excluding hydrogens is 334 g/mol. The van der Waals surface area contributed by atoms with Gasteiger partial charge in [-0.15, -0.1) is 0 Å². The molecule has 26 heavy (non-hydrogen) atoms. The highest BCUT2D eigenvalue weighted by atomic mass is 16.5. The summed E-state index contributed by atoms with van der Waals surface area (Å²) in [5, 5.41) is 3.72. The third kappa shape index (κ3) is 2.43. The first-order valence-corrected chi connectivity index (χ1v) is 7.94. The van der Waals surface area contributed by atoms with Crippen LogP contribution in [0.4, 0.5) is 0 Å².